The van der Waals surface area contributed by atoms with Crippen LogP contribution in [0, 0.1) is 0 Å². The van der Waals surface area contributed by atoms with Crippen LogP contribution < -0.4 is 19.1 Å². The number of benzene rings is 2. The van der Waals surface area contributed by atoms with Gasteiger partial charge in [-0.05, 0) is 56.5 Å². The molecule has 0 radical (unpaired) electrons. The lowest BCUT2D eigenvalue weighted by molar-refractivity contribution is -0.141. The highest BCUT2D eigenvalue weighted by atomic mass is 35.5. The lowest BCUT2D eigenvalue weighted by Gasteiger charge is -2.31. The quantitative estimate of drug-likeness (QED) is 0.390. The third-order valence-electron chi connectivity index (χ3n) is 5.95. The topological polar surface area (TPSA) is 105 Å². The Morgan fingerprint density at radius 3 is 2.39 bits per heavy atom. The summed E-state index contributed by atoms with van der Waals surface area (Å²) in [4.78, 5) is 28.0. The van der Waals surface area contributed by atoms with Crippen molar-refractivity contribution in [2.45, 2.75) is 58.7 Å². The molecule has 3 rings (SSSR count). The van der Waals surface area contributed by atoms with Gasteiger partial charge in [-0.3, -0.25) is 13.9 Å². The lowest BCUT2D eigenvalue weighted by atomic mass is 10.1. The number of hydrogen-bond acceptors (Lipinski definition) is 6. The van der Waals surface area contributed by atoms with Crippen molar-refractivity contribution in [1.82, 2.24) is 10.2 Å². The predicted molar refractivity (Wildman–Crippen MR) is 148 cm³/mol. The molecule has 0 fully saturated rings. The van der Waals surface area contributed by atoms with Crippen molar-refractivity contribution in [3.05, 3.63) is 52.0 Å². The van der Waals surface area contributed by atoms with Crippen molar-refractivity contribution >= 4 is 50.7 Å². The molecule has 0 bridgehead atoms. The lowest BCUT2D eigenvalue weighted by Crippen LogP contribution is -2.50. The van der Waals surface area contributed by atoms with Crippen LogP contribution in [0.2, 0.25) is 10.0 Å². The summed E-state index contributed by atoms with van der Waals surface area (Å²) in [5.41, 5.74) is 1.14. The summed E-state index contributed by atoms with van der Waals surface area (Å²) < 4.78 is 37.1. The number of sulfonamides is 1. The number of nitrogens with one attached hydrogen (secondary N) is 1. The van der Waals surface area contributed by atoms with Crippen LogP contribution in [0.5, 0.6) is 11.5 Å². The number of fused-ring (bicyclic) bond motifs is 1. The Hall–Kier alpha value is -2.69. The van der Waals surface area contributed by atoms with Crippen molar-refractivity contribution < 1.29 is 27.5 Å². The first-order valence-electron chi connectivity index (χ1n) is 12.3. The Balaban J connectivity index is 1.78. The second-order valence-electron chi connectivity index (χ2n) is 9.33. The van der Waals surface area contributed by atoms with Crippen LogP contribution in [0.15, 0.2) is 36.4 Å². The maximum absolute atomic E-state index is 13.5. The summed E-state index contributed by atoms with van der Waals surface area (Å²) in [5, 5.41) is 3.62. The minimum absolute atomic E-state index is 0.0311. The number of hydrogen-bond donors (Lipinski definition) is 1. The smallest absolute Gasteiger partial charge is 0.243 e. The Morgan fingerprint density at radius 1 is 1.05 bits per heavy atom. The summed E-state index contributed by atoms with van der Waals surface area (Å²) in [6.45, 7) is 5.84. The molecule has 1 aliphatic heterocycles. The van der Waals surface area contributed by atoms with Gasteiger partial charge >= 0.3 is 0 Å². The molecule has 0 aromatic heterocycles. The zero-order valence-electron chi connectivity index (χ0n) is 21.9. The first-order valence-corrected chi connectivity index (χ1v) is 14.9. The van der Waals surface area contributed by atoms with Gasteiger partial charge in [0.05, 0.1) is 22.0 Å². The van der Waals surface area contributed by atoms with Gasteiger partial charge in [0.1, 0.15) is 6.04 Å². The molecule has 0 unspecified atom stereocenters. The zero-order chi connectivity index (χ0) is 28.0. The van der Waals surface area contributed by atoms with E-state index in [-0.39, 0.29) is 50.6 Å². The number of nitrogens with zero attached hydrogens (tertiary/aromatic N) is 2. The van der Waals surface area contributed by atoms with Crippen molar-refractivity contribution in [2.75, 3.05) is 23.9 Å². The summed E-state index contributed by atoms with van der Waals surface area (Å²) >= 11 is 12.2. The van der Waals surface area contributed by atoms with Crippen molar-refractivity contribution in [3.8, 4) is 11.5 Å². The third-order valence-corrected chi connectivity index (χ3v) is 7.88. The largest absolute Gasteiger partial charge is 0.454 e. The highest BCUT2D eigenvalue weighted by molar-refractivity contribution is 7.92. The first kappa shape index (κ1) is 29.9. The van der Waals surface area contributed by atoms with Gasteiger partial charge in [-0.25, -0.2) is 8.42 Å². The molecular weight excluding hydrogens is 553 g/mol. The van der Waals surface area contributed by atoms with Crippen LogP contribution in [-0.2, 0) is 26.2 Å². The SMILES string of the molecule is CC[C@H](C(=O)NC(C)C)N(Cc1ccc(Cl)c(Cl)c1)C(=O)CCCN(c1ccc2c(c1)OCO2)S(C)(=O)=O. The summed E-state index contributed by atoms with van der Waals surface area (Å²) in [5.74, 6) is 0.470. The van der Waals surface area contributed by atoms with Gasteiger partial charge in [-0.1, -0.05) is 36.2 Å². The van der Waals surface area contributed by atoms with E-state index < -0.39 is 16.1 Å². The van der Waals surface area contributed by atoms with E-state index in [2.05, 4.69) is 5.32 Å². The number of anilines is 1. The molecule has 208 valence electrons. The highest BCUT2D eigenvalue weighted by Gasteiger charge is 2.29. The standard InChI is InChI=1S/C26H33Cl2N3O6S/c1-5-22(26(33)29-17(2)3)30(15-18-8-10-20(27)21(28)13-18)25(32)7-6-12-31(38(4,34)35)19-9-11-23-24(14-19)37-16-36-23/h8-11,13-14,17,22H,5-7,12,15-16H2,1-4H3,(H,29,33)/t22-/m1/s1. The minimum Gasteiger partial charge on any atom is -0.454 e. The van der Waals surface area contributed by atoms with E-state index in [1.165, 1.54) is 9.21 Å². The molecule has 2 aromatic rings. The molecule has 1 heterocycles. The number of ether oxygens (including phenoxy) is 2. The third kappa shape index (κ3) is 7.68. The van der Waals surface area contributed by atoms with Crippen molar-refractivity contribution in [2.24, 2.45) is 0 Å². The molecule has 1 atom stereocenters. The molecular formula is C26H33Cl2N3O6S. The van der Waals surface area contributed by atoms with E-state index in [0.717, 1.165) is 11.8 Å². The molecule has 0 saturated heterocycles. The van der Waals surface area contributed by atoms with Crippen LogP contribution in [-0.4, -0.2) is 56.8 Å². The van der Waals surface area contributed by atoms with Gasteiger partial charge in [0.25, 0.3) is 0 Å². The van der Waals surface area contributed by atoms with E-state index >= 15 is 0 Å². The summed E-state index contributed by atoms with van der Waals surface area (Å²) in [6, 6.07) is 9.16. The van der Waals surface area contributed by atoms with E-state index in [9.17, 15) is 18.0 Å². The maximum atomic E-state index is 13.5. The van der Waals surface area contributed by atoms with E-state index in [0.29, 0.717) is 33.7 Å². The molecule has 38 heavy (non-hydrogen) atoms. The fourth-order valence-electron chi connectivity index (χ4n) is 4.18. The van der Waals surface area contributed by atoms with Crippen LogP contribution in [0.4, 0.5) is 5.69 Å². The van der Waals surface area contributed by atoms with Gasteiger partial charge in [-0.15, -0.1) is 0 Å². The Kier molecular flexibility index (Phi) is 10.1. The number of rotatable bonds is 12. The van der Waals surface area contributed by atoms with Crippen LogP contribution in [0.3, 0.4) is 0 Å². The molecule has 0 aliphatic carbocycles. The molecule has 0 spiro atoms. The van der Waals surface area contributed by atoms with E-state index in [4.69, 9.17) is 32.7 Å². The Morgan fingerprint density at radius 2 is 1.76 bits per heavy atom. The van der Waals surface area contributed by atoms with Gasteiger partial charge in [0, 0.05) is 31.6 Å². The number of halogens is 2. The first-order chi connectivity index (χ1) is 17.9. The minimum atomic E-state index is -3.64. The average Bonchev–Trinajstić information content (AvgIpc) is 3.30. The van der Waals surface area contributed by atoms with E-state index in [1.54, 1.807) is 36.4 Å². The Bertz CT molecular complexity index is 1270. The second kappa shape index (κ2) is 12.9. The maximum Gasteiger partial charge on any atom is 0.243 e. The molecule has 1 aliphatic rings. The average molecular weight is 587 g/mol. The number of carbonyl (C=O) groups is 2. The number of amides is 2. The zero-order valence-corrected chi connectivity index (χ0v) is 24.2. The van der Waals surface area contributed by atoms with Crippen LogP contribution in [0.25, 0.3) is 0 Å². The van der Waals surface area contributed by atoms with Crippen LogP contribution in [0.1, 0.15) is 45.6 Å². The fourth-order valence-corrected chi connectivity index (χ4v) is 5.46. The molecule has 0 saturated carbocycles. The number of carbonyl (C=O) groups excluding carboxylic acids is 2. The molecule has 9 nitrogen and oxygen atoms in total. The summed E-state index contributed by atoms with van der Waals surface area (Å²) in [6.07, 6.45) is 1.78. The molecule has 12 heteroatoms. The van der Waals surface area contributed by atoms with Crippen LogP contribution >= 0.6 is 23.2 Å². The monoisotopic (exact) mass is 585 g/mol. The van der Waals surface area contributed by atoms with Crippen molar-refractivity contribution in [1.29, 1.82) is 0 Å². The highest BCUT2D eigenvalue weighted by Crippen LogP contribution is 2.36. The van der Waals surface area contributed by atoms with Crippen molar-refractivity contribution in [3.63, 3.8) is 0 Å². The van der Waals surface area contributed by atoms with Gasteiger partial charge < -0.3 is 19.7 Å². The van der Waals surface area contributed by atoms with Gasteiger partial charge in [-0.2, -0.15) is 0 Å². The normalized spacial score (nSPS) is 13.3. The Labute approximate surface area is 234 Å². The predicted octanol–water partition coefficient (Wildman–Crippen LogP) is 4.60. The second-order valence-corrected chi connectivity index (χ2v) is 12.1. The van der Waals surface area contributed by atoms with Gasteiger partial charge in [0.15, 0.2) is 11.5 Å². The molecule has 2 amide bonds. The molecule has 1 N–H and O–H groups in total. The summed E-state index contributed by atoms with van der Waals surface area (Å²) in [7, 11) is -3.64. The molecule has 2 aromatic carbocycles. The van der Waals surface area contributed by atoms with Gasteiger partial charge in [0.2, 0.25) is 28.6 Å². The van der Waals surface area contributed by atoms with E-state index in [1.807, 2.05) is 20.8 Å². The fraction of sp³-hybridized carbons (Fsp3) is 0.462.